The summed E-state index contributed by atoms with van der Waals surface area (Å²) in [5, 5.41) is 0. The van der Waals surface area contributed by atoms with Crippen LogP contribution in [0.4, 0.5) is 13.2 Å². The van der Waals surface area contributed by atoms with Crippen molar-refractivity contribution in [2.45, 2.75) is 75.8 Å². The predicted octanol–water partition coefficient (Wildman–Crippen LogP) is 5.12. The summed E-state index contributed by atoms with van der Waals surface area (Å²) < 4.78 is 101. The number of nitrogens with zero attached hydrogens (tertiary/aromatic N) is 1. The minimum absolute atomic E-state index is 0.183. The minimum atomic E-state index is -5.79. The molecule has 0 bridgehead atoms. The monoisotopic (exact) mass is 533 g/mol. The number of alkyl halides is 3. The van der Waals surface area contributed by atoms with Crippen LogP contribution in [0.25, 0.3) is 0 Å². The van der Waals surface area contributed by atoms with Gasteiger partial charge in [-0.3, -0.25) is 13.6 Å². The number of ether oxygens (including phenoxy) is 2. The Labute approximate surface area is 198 Å². The van der Waals surface area contributed by atoms with Gasteiger partial charge >= 0.3 is 24.8 Å². The van der Waals surface area contributed by atoms with Crippen LogP contribution in [0, 0.1) is 0 Å². The van der Waals surface area contributed by atoms with Crippen LogP contribution >= 0.6 is 7.74 Å². The second kappa shape index (κ2) is 11.4. The summed E-state index contributed by atoms with van der Waals surface area (Å²) in [5.41, 5.74) is 0. The van der Waals surface area contributed by atoms with Gasteiger partial charge in [0.05, 0.1) is 37.4 Å². The lowest BCUT2D eigenvalue weighted by molar-refractivity contribution is -0.185. The molecule has 0 amide bonds. The van der Waals surface area contributed by atoms with Crippen LogP contribution in [0.15, 0.2) is 33.9 Å². The first-order valence-corrected chi connectivity index (χ1v) is 13.2. The first kappa shape index (κ1) is 30.4. The van der Waals surface area contributed by atoms with Crippen molar-refractivity contribution in [1.82, 2.24) is 0 Å². The lowest BCUT2D eigenvalue weighted by atomic mass is 10.3. The molecule has 0 heterocycles. The SMILES string of the molecule is COC(=O)C(N=P(OC(C)C)(OC(C)C)OC(C)C)(C(F)(F)F)S(=O)(=O)c1ccc(OC)cc1. The van der Waals surface area contributed by atoms with Crippen molar-refractivity contribution in [3.8, 4) is 5.75 Å². The van der Waals surface area contributed by atoms with E-state index in [4.69, 9.17) is 18.3 Å². The quantitative estimate of drug-likeness (QED) is 0.285. The molecule has 196 valence electrons. The Kier molecular flexibility index (Phi) is 10.2. The van der Waals surface area contributed by atoms with Crippen molar-refractivity contribution in [3.63, 3.8) is 0 Å². The van der Waals surface area contributed by atoms with E-state index in [2.05, 4.69) is 9.48 Å². The molecular formula is C20H31F3NO8PS. The Morgan fingerprint density at radius 1 is 0.882 bits per heavy atom. The van der Waals surface area contributed by atoms with Gasteiger partial charge in [-0.25, -0.2) is 13.2 Å². The standard InChI is InChI=1S/C20H31F3NO8PS/c1-13(2)30-33(31-14(3)4,32-15(5)6)24-19(18(25)29-8,20(21,22)23)34(26,27)17-11-9-16(28-7)10-12-17/h9-15H,1-8H3. The number of carbonyl (C=O) groups is 1. The van der Waals surface area contributed by atoms with Gasteiger partial charge in [0.15, 0.2) is 0 Å². The maximum atomic E-state index is 14.7. The highest BCUT2D eigenvalue weighted by atomic mass is 32.2. The lowest BCUT2D eigenvalue weighted by Crippen LogP contribution is -2.57. The Bertz CT molecular complexity index is 961. The fraction of sp³-hybridized carbons (Fsp3) is 0.650. The Hall–Kier alpha value is -1.66. The van der Waals surface area contributed by atoms with E-state index >= 15 is 0 Å². The average Bonchev–Trinajstić information content (AvgIpc) is 2.68. The van der Waals surface area contributed by atoms with Crippen LogP contribution in [0.5, 0.6) is 5.75 Å². The van der Waals surface area contributed by atoms with Crippen molar-refractivity contribution in [1.29, 1.82) is 0 Å². The summed E-state index contributed by atoms with van der Waals surface area (Å²) in [7, 11) is -8.20. The lowest BCUT2D eigenvalue weighted by Gasteiger charge is -2.35. The van der Waals surface area contributed by atoms with Gasteiger partial charge in [0.1, 0.15) is 5.75 Å². The fourth-order valence-corrected chi connectivity index (χ4v) is 7.31. The number of rotatable bonds is 11. The molecule has 0 aliphatic rings. The van der Waals surface area contributed by atoms with Crippen molar-refractivity contribution >= 4 is 23.5 Å². The van der Waals surface area contributed by atoms with Crippen LogP contribution in [0.1, 0.15) is 41.5 Å². The summed E-state index contributed by atoms with van der Waals surface area (Å²) in [6.07, 6.45) is -8.20. The zero-order valence-electron chi connectivity index (χ0n) is 20.2. The van der Waals surface area contributed by atoms with E-state index in [1.54, 1.807) is 0 Å². The maximum absolute atomic E-state index is 14.7. The molecule has 0 aliphatic carbocycles. The van der Waals surface area contributed by atoms with Crippen LogP contribution in [0.2, 0.25) is 0 Å². The topological polar surface area (TPSA) is 110 Å². The molecule has 0 aliphatic heterocycles. The third-order valence-electron chi connectivity index (χ3n) is 3.90. The van der Waals surface area contributed by atoms with E-state index in [1.807, 2.05) is 0 Å². The number of esters is 1. The van der Waals surface area contributed by atoms with Gasteiger partial charge in [0.2, 0.25) is 9.84 Å². The summed E-state index contributed by atoms with van der Waals surface area (Å²) in [6, 6.07) is 3.99. The zero-order chi connectivity index (χ0) is 26.5. The van der Waals surface area contributed by atoms with E-state index in [-0.39, 0.29) is 5.75 Å². The number of benzene rings is 1. The van der Waals surface area contributed by atoms with Crippen molar-refractivity contribution in [3.05, 3.63) is 24.3 Å². The molecule has 0 aromatic heterocycles. The molecule has 0 N–H and O–H groups in total. The second-order valence-electron chi connectivity index (χ2n) is 7.84. The number of halogens is 3. The van der Waals surface area contributed by atoms with Crippen molar-refractivity contribution in [2.24, 2.45) is 4.74 Å². The van der Waals surface area contributed by atoms with E-state index in [9.17, 15) is 26.4 Å². The minimum Gasteiger partial charge on any atom is -0.497 e. The maximum Gasteiger partial charge on any atom is 0.439 e. The number of hydrogen-bond donors (Lipinski definition) is 0. The van der Waals surface area contributed by atoms with Crippen LogP contribution in [-0.4, -0.2) is 58.0 Å². The molecule has 1 unspecified atom stereocenters. The highest BCUT2D eigenvalue weighted by molar-refractivity contribution is 7.93. The average molecular weight is 534 g/mol. The molecule has 1 atom stereocenters. The fourth-order valence-electron chi connectivity index (χ4n) is 2.71. The van der Waals surface area contributed by atoms with Crippen LogP contribution in [-0.2, 0) is 32.9 Å². The molecule has 1 aromatic carbocycles. The van der Waals surface area contributed by atoms with Gasteiger partial charge in [0, 0.05) is 0 Å². The first-order chi connectivity index (χ1) is 15.5. The van der Waals surface area contributed by atoms with Gasteiger partial charge in [-0.1, -0.05) is 0 Å². The van der Waals surface area contributed by atoms with Gasteiger partial charge in [-0.2, -0.15) is 17.9 Å². The second-order valence-corrected chi connectivity index (χ2v) is 11.7. The molecule has 0 saturated carbocycles. The molecule has 1 aromatic rings. The summed E-state index contributed by atoms with van der Waals surface area (Å²) >= 11 is 0. The summed E-state index contributed by atoms with van der Waals surface area (Å²) in [5.74, 6) is -2.00. The molecule has 9 nitrogen and oxygen atoms in total. The third kappa shape index (κ3) is 6.51. The number of carbonyl (C=O) groups excluding carboxylic acids is 1. The van der Waals surface area contributed by atoms with Gasteiger partial charge in [-0.05, 0) is 65.8 Å². The highest BCUT2D eigenvalue weighted by Gasteiger charge is 2.73. The summed E-state index contributed by atoms with van der Waals surface area (Å²) in [4.78, 5) is 7.47. The Morgan fingerprint density at radius 3 is 1.59 bits per heavy atom. The molecule has 0 spiro atoms. The molecule has 34 heavy (non-hydrogen) atoms. The molecule has 14 heteroatoms. The molecule has 0 saturated heterocycles. The summed E-state index contributed by atoms with van der Waals surface area (Å²) in [6.45, 7) is 8.85. The van der Waals surface area contributed by atoms with Crippen LogP contribution in [0.3, 0.4) is 0 Å². The number of sulfone groups is 1. The van der Waals surface area contributed by atoms with Gasteiger partial charge < -0.3 is 9.47 Å². The van der Waals surface area contributed by atoms with Crippen molar-refractivity contribution in [2.75, 3.05) is 14.2 Å². The number of hydrogen-bond acceptors (Lipinski definition) is 9. The normalized spacial score (nSPS) is 14.9. The molecule has 1 rings (SSSR count). The molecule has 0 fully saturated rings. The van der Waals surface area contributed by atoms with E-state index in [1.165, 1.54) is 48.7 Å². The largest absolute Gasteiger partial charge is 0.497 e. The van der Waals surface area contributed by atoms with Crippen LogP contribution < -0.4 is 4.74 Å². The smallest absolute Gasteiger partial charge is 0.439 e. The van der Waals surface area contributed by atoms with Crippen molar-refractivity contribution < 1.29 is 49.4 Å². The first-order valence-electron chi connectivity index (χ1n) is 10.2. The third-order valence-corrected chi connectivity index (χ3v) is 8.80. The van der Waals surface area contributed by atoms with Gasteiger partial charge in [-0.15, -0.1) is 0 Å². The Balaban J connectivity index is 4.24. The molecular weight excluding hydrogens is 502 g/mol. The van der Waals surface area contributed by atoms with E-state index < -0.39 is 57.8 Å². The zero-order valence-corrected chi connectivity index (χ0v) is 22.0. The predicted molar refractivity (Wildman–Crippen MR) is 119 cm³/mol. The number of methoxy groups -OCH3 is 2. The van der Waals surface area contributed by atoms with E-state index in [0.29, 0.717) is 7.11 Å². The molecule has 0 radical (unpaired) electrons. The Morgan fingerprint density at radius 2 is 1.29 bits per heavy atom. The van der Waals surface area contributed by atoms with E-state index in [0.717, 1.165) is 24.3 Å². The van der Waals surface area contributed by atoms with Gasteiger partial charge in [0.25, 0.3) is 0 Å². The highest BCUT2D eigenvalue weighted by Crippen LogP contribution is 2.61.